The molecule has 0 aliphatic heterocycles. The second-order valence-corrected chi connectivity index (χ2v) is 37.1. The summed E-state index contributed by atoms with van der Waals surface area (Å²) in [6.07, 6.45) is 0. The zero-order chi connectivity index (χ0) is 70.4. The molecule has 0 heterocycles. The van der Waals surface area contributed by atoms with E-state index in [1.165, 1.54) is 0 Å². The van der Waals surface area contributed by atoms with Crippen LogP contribution in [-0.2, 0) is 18.9 Å². The highest BCUT2D eigenvalue weighted by atomic mass is 32.2. The standard InChI is InChI=1S/C18H44N6.C14H34N4.C14H32N2O2.C14H30O2S2.C10H24N2.6CH4/c1-17(2,3)23-15-13-21-11-9-19-7-8-20-10-12-22-14-16-24-18(4,5)6;1-13(2,3)17-11-9-15-7-8-16-10-12-18-14(4,5)6;1-13(2,3)15-7-9-17-11-12-18-10-8-16-14(4,5)6;1-13(2,3)17-11-9-15-7-8-16-10-12-18-14(4,5)6;1-9(2,3)11-7-8-12-10(4,5)6;;;;;;/h19-24H,7-16H2,1-6H3;15-18H,7-12H2,1-6H3;15-16H,7-12H2,1-6H3;7-12H2,1-6H3;11-12H,7-8H2,1-6H3;6*1H4. The Hall–Kier alpha value is -0.0200. The Labute approximate surface area is 615 Å². The first-order valence-corrected chi connectivity index (χ1v) is 36.8. The Morgan fingerprint density at radius 3 is 0.469 bits per heavy atom. The average Bonchev–Trinajstić information content (AvgIpc) is 3.55. The summed E-state index contributed by atoms with van der Waals surface area (Å²) in [7, 11) is 0. The molecule has 0 fully saturated rings. The van der Waals surface area contributed by atoms with E-state index in [4.69, 9.17) is 18.9 Å². The van der Waals surface area contributed by atoms with Crippen molar-refractivity contribution in [1.29, 1.82) is 0 Å². The SMILES string of the molecule is C.C.C.C.C.C.CC(C)(C)NCCNC(C)(C)C.CC(C)(C)NCCNCCNCCNC(C)(C)C.CC(C)(C)NCCNCCNCCNCCNCCNC(C)(C)C.CC(C)(C)NCCOCCOCCNC(C)(C)C.CC(C)(C)SCCOCCOCCSC(C)(C)C. The molecule has 0 saturated heterocycles. The molecule has 0 aromatic heterocycles. The third kappa shape index (κ3) is 145. The molecule has 0 aliphatic rings. The van der Waals surface area contributed by atoms with E-state index in [0.717, 1.165) is 169 Å². The van der Waals surface area contributed by atoms with Gasteiger partial charge in [0.15, 0.2) is 0 Å². The Morgan fingerprint density at radius 2 is 0.312 bits per heavy atom. The number of ether oxygens (including phenoxy) is 4. The molecule has 0 bridgehead atoms. The summed E-state index contributed by atoms with van der Waals surface area (Å²) in [5.74, 6) is 2.12. The normalized spacial score (nSPS) is 12.2. The quantitative estimate of drug-likeness (QED) is 0.0256. The van der Waals surface area contributed by atoms with Gasteiger partial charge in [-0.2, -0.15) is 23.5 Å². The van der Waals surface area contributed by atoms with E-state index < -0.39 is 0 Å². The predicted molar refractivity (Wildman–Crippen MR) is 447 cm³/mol. The fourth-order valence-electron chi connectivity index (χ4n) is 6.89. The fraction of sp³-hybridized carbons (Fsp3) is 1.00. The molecule has 0 aromatic carbocycles. The molecule has 0 spiro atoms. The summed E-state index contributed by atoms with van der Waals surface area (Å²) < 4.78 is 22.7. The Kier molecular flexibility index (Phi) is 86.6. The van der Waals surface area contributed by atoms with Gasteiger partial charge in [0.05, 0.1) is 52.9 Å². The van der Waals surface area contributed by atoms with E-state index in [1.807, 2.05) is 23.5 Å². The number of rotatable bonds is 45. The summed E-state index contributed by atoms with van der Waals surface area (Å²) in [5.41, 5.74) is 1.67. The summed E-state index contributed by atoms with van der Waals surface area (Å²) in [4.78, 5) is 0. The van der Waals surface area contributed by atoms with E-state index in [2.05, 4.69) is 282 Å². The number of hydrogen-bond acceptors (Lipinski definition) is 20. The molecule has 0 atom stereocenters. The topological polar surface area (TPSA) is 205 Å². The summed E-state index contributed by atoms with van der Waals surface area (Å²) in [6, 6.07) is 0. The first kappa shape index (κ1) is 120. The van der Waals surface area contributed by atoms with Crippen molar-refractivity contribution in [1.82, 2.24) is 74.4 Å². The minimum absolute atomic E-state index is 0. The second-order valence-electron chi connectivity index (χ2n) is 33.3. The maximum atomic E-state index is 5.52. The largest absolute Gasteiger partial charge is 0.378 e. The van der Waals surface area contributed by atoms with E-state index in [9.17, 15) is 0 Å². The van der Waals surface area contributed by atoms with Crippen LogP contribution in [-0.4, -0.2) is 249 Å². The third-order valence-electron chi connectivity index (χ3n) is 11.3. The molecule has 598 valence electrons. The Morgan fingerprint density at radius 1 is 0.177 bits per heavy atom. The van der Waals surface area contributed by atoms with Crippen molar-refractivity contribution < 1.29 is 18.9 Å². The van der Waals surface area contributed by atoms with Crippen molar-refractivity contribution in [3.63, 3.8) is 0 Å². The highest BCUT2D eigenvalue weighted by molar-refractivity contribution is 8.00. The Balaban J connectivity index is -0.000000104. The van der Waals surface area contributed by atoms with Gasteiger partial charge in [-0.1, -0.05) is 86.1 Å². The molecule has 0 aliphatic carbocycles. The lowest BCUT2D eigenvalue weighted by atomic mass is 10.1. The monoisotopic (exact) mass is 1430 g/mol. The third-order valence-corrected chi connectivity index (χ3v) is 13.7. The molecule has 14 N–H and O–H groups in total. The van der Waals surface area contributed by atoms with Crippen LogP contribution in [0.15, 0.2) is 0 Å². The molecule has 0 radical (unpaired) electrons. The van der Waals surface area contributed by atoms with Gasteiger partial charge in [0.25, 0.3) is 0 Å². The molecule has 18 nitrogen and oxygen atoms in total. The molecule has 0 aromatic rings. The van der Waals surface area contributed by atoms with E-state index in [0.29, 0.717) is 35.9 Å². The lowest BCUT2D eigenvalue weighted by molar-refractivity contribution is 0.0472. The average molecular weight is 1430 g/mol. The fourth-order valence-corrected chi connectivity index (χ4v) is 8.52. The number of hydrogen-bond donors (Lipinski definition) is 14. The van der Waals surface area contributed by atoms with Crippen LogP contribution in [0.25, 0.3) is 0 Å². The van der Waals surface area contributed by atoms with E-state index in [1.54, 1.807) is 0 Å². The molecule has 0 unspecified atom stereocenters. The molecule has 0 rings (SSSR count). The van der Waals surface area contributed by atoms with Gasteiger partial charge in [-0.3, -0.25) is 0 Å². The minimum Gasteiger partial charge on any atom is -0.378 e. The molecular formula is C76H188N14O4S2. The molecule has 0 saturated carbocycles. The molecule has 20 heteroatoms. The number of thioether (sulfide) groups is 2. The van der Waals surface area contributed by atoms with Crippen molar-refractivity contribution in [2.75, 3.05) is 195 Å². The van der Waals surface area contributed by atoms with Crippen LogP contribution in [0.2, 0.25) is 0 Å². The zero-order valence-electron chi connectivity index (χ0n) is 65.7. The maximum Gasteiger partial charge on any atom is 0.0701 e. The smallest absolute Gasteiger partial charge is 0.0701 e. The maximum absolute atomic E-state index is 5.52. The van der Waals surface area contributed by atoms with Crippen LogP contribution >= 0.6 is 23.5 Å². The van der Waals surface area contributed by atoms with Crippen molar-refractivity contribution >= 4 is 23.5 Å². The summed E-state index contributed by atoms with van der Waals surface area (Å²) in [6.45, 7) is 91.8. The van der Waals surface area contributed by atoms with Crippen molar-refractivity contribution in [3.05, 3.63) is 0 Å². The van der Waals surface area contributed by atoms with Gasteiger partial charge in [-0.25, -0.2) is 0 Å². The van der Waals surface area contributed by atoms with Gasteiger partial charge in [0, 0.05) is 196 Å². The molecule has 0 amide bonds. The summed E-state index contributed by atoms with van der Waals surface area (Å²) >= 11 is 3.88. The van der Waals surface area contributed by atoms with Crippen LogP contribution in [0.4, 0.5) is 0 Å². The van der Waals surface area contributed by atoms with Gasteiger partial charge in [-0.05, 0) is 166 Å². The van der Waals surface area contributed by atoms with Crippen LogP contribution in [0.5, 0.6) is 0 Å². The van der Waals surface area contributed by atoms with Gasteiger partial charge in [-0.15, -0.1) is 0 Å². The van der Waals surface area contributed by atoms with Crippen LogP contribution in [0.1, 0.15) is 252 Å². The second kappa shape index (κ2) is 69.4. The lowest BCUT2D eigenvalue weighted by Gasteiger charge is -2.24. The van der Waals surface area contributed by atoms with E-state index >= 15 is 0 Å². The number of nitrogens with one attached hydrogen (secondary N) is 14. The van der Waals surface area contributed by atoms with Gasteiger partial charge >= 0.3 is 0 Å². The lowest BCUT2D eigenvalue weighted by Crippen LogP contribution is -2.44. The van der Waals surface area contributed by atoms with Crippen molar-refractivity contribution in [2.24, 2.45) is 0 Å². The minimum atomic E-state index is 0. The van der Waals surface area contributed by atoms with Gasteiger partial charge in [0.2, 0.25) is 0 Å². The van der Waals surface area contributed by atoms with Crippen LogP contribution in [0, 0.1) is 0 Å². The Bertz CT molecular complexity index is 1280. The van der Waals surface area contributed by atoms with Crippen LogP contribution < -0.4 is 74.4 Å². The molecular weight excluding hydrogens is 1240 g/mol. The first-order chi connectivity index (χ1) is 41.0. The molecule has 96 heavy (non-hydrogen) atoms. The van der Waals surface area contributed by atoms with Crippen LogP contribution in [0.3, 0.4) is 0 Å². The van der Waals surface area contributed by atoms with Crippen molar-refractivity contribution in [2.45, 2.75) is 306 Å². The predicted octanol–water partition coefficient (Wildman–Crippen LogP) is 12.5. The van der Waals surface area contributed by atoms with Gasteiger partial charge < -0.3 is 93.4 Å². The van der Waals surface area contributed by atoms with Gasteiger partial charge in [0.1, 0.15) is 0 Å². The highest BCUT2D eigenvalue weighted by Crippen LogP contribution is 2.23. The van der Waals surface area contributed by atoms with Crippen molar-refractivity contribution in [3.8, 4) is 0 Å². The zero-order valence-corrected chi connectivity index (χ0v) is 67.3. The summed E-state index contributed by atoms with van der Waals surface area (Å²) in [5, 5.41) is 48.1. The highest BCUT2D eigenvalue weighted by Gasteiger charge is 2.14. The first-order valence-electron chi connectivity index (χ1n) is 34.9. The van der Waals surface area contributed by atoms with E-state index in [-0.39, 0.29) is 88.9 Å².